The molecule has 0 radical (unpaired) electrons. The van der Waals surface area contributed by atoms with Gasteiger partial charge < -0.3 is 0 Å². The summed E-state index contributed by atoms with van der Waals surface area (Å²) in [5.41, 5.74) is 4.92. The topological polar surface area (TPSA) is 29.4 Å². The molecule has 0 unspecified atom stereocenters. The smallest absolute Gasteiger partial charge is 0.108 e. The molecule has 0 heterocycles. The Bertz CT molecular complexity index is 654. The molecule has 0 aliphatic rings. The summed E-state index contributed by atoms with van der Waals surface area (Å²) in [6, 6.07) is 15.7. The third-order valence-corrected chi connectivity index (χ3v) is 3.19. The number of nitroso groups, excluding NO2 is 1. The van der Waals surface area contributed by atoms with Crippen LogP contribution in [0.4, 0.5) is 5.69 Å². The molecule has 0 fully saturated rings. The number of allylic oxidation sites excluding steroid dienone is 3. The van der Waals surface area contributed by atoms with Crippen LogP contribution in [0.15, 0.2) is 65.9 Å². The lowest BCUT2D eigenvalue weighted by molar-refractivity contribution is 1.38. The fourth-order valence-corrected chi connectivity index (χ4v) is 2.12. The highest BCUT2D eigenvalue weighted by atomic mass is 16.3. The van der Waals surface area contributed by atoms with E-state index in [0.29, 0.717) is 5.69 Å². The van der Waals surface area contributed by atoms with E-state index in [1.807, 2.05) is 44.2 Å². The summed E-state index contributed by atoms with van der Waals surface area (Å²) in [7, 11) is 0. The molecule has 0 saturated carbocycles. The van der Waals surface area contributed by atoms with Crippen molar-refractivity contribution in [3.05, 3.63) is 82.3 Å². The first-order valence-electron chi connectivity index (χ1n) is 6.58. The highest BCUT2D eigenvalue weighted by molar-refractivity contribution is 5.80. The number of hydrogen-bond acceptors (Lipinski definition) is 2. The molecule has 2 nitrogen and oxygen atoms in total. The average molecular weight is 263 g/mol. The number of rotatable bonds is 4. The van der Waals surface area contributed by atoms with Crippen LogP contribution in [0, 0.1) is 11.8 Å². The first-order chi connectivity index (χ1) is 9.74. The molecule has 2 aromatic carbocycles. The van der Waals surface area contributed by atoms with E-state index in [1.165, 1.54) is 0 Å². The maximum absolute atomic E-state index is 10.5. The van der Waals surface area contributed by atoms with Crippen LogP contribution in [0.3, 0.4) is 0 Å². The van der Waals surface area contributed by atoms with Gasteiger partial charge in [0.2, 0.25) is 0 Å². The number of aryl methyl sites for hydroxylation is 1. The molecule has 2 rings (SSSR count). The molecule has 0 spiro atoms. The minimum Gasteiger partial charge on any atom is -0.145 e. The van der Waals surface area contributed by atoms with Crippen LogP contribution >= 0.6 is 0 Å². The van der Waals surface area contributed by atoms with Gasteiger partial charge in [-0.05, 0) is 53.4 Å². The van der Waals surface area contributed by atoms with E-state index >= 15 is 0 Å². The second-order valence-electron chi connectivity index (χ2n) is 4.58. The van der Waals surface area contributed by atoms with Crippen LogP contribution in [0.2, 0.25) is 0 Å². The lowest BCUT2D eigenvalue weighted by Crippen LogP contribution is -1.86. The fraction of sp³-hybridized carbons (Fsp3) is 0.111. The summed E-state index contributed by atoms with van der Waals surface area (Å²) in [5.74, 6) is 0. The van der Waals surface area contributed by atoms with Crippen molar-refractivity contribution in [3.8, 4) is 0 Å². The third-order valence-electron chi connectivity index (χ3n) is 3.19. The van der Waals surface area contributed by atoms with Gasteiger partial charge in [-0.25, -0.2) is 0 Å². The van der Waals surface area contributed by atoms with Crippen molar-refractivity contribution in [3.63, 3.8) is 0 Å². The van der Waals surface area contributed by atoms with Crippen LogP contribution in [0.5, 0.6) is 0 Å². The monoisotopic (exact) mass is 263 g/mol. The first kappa shape index (κ1) is 13.9. The highest BCUT2D eigenvalue weighted by Crippen LogP contribution is 2.25. The quantitative estimate of drug-likeness (QED) is 0.528. The van der Waals surface area contributed by atoms with Gasteiger partial charge in [-0.2, -0.15) is 0 Å². The summed E-state index contributed by atoms with van der Waals surface area (Å²) in [5, 5.41) is 2.96. The largest absolute Gasteiger partial charge is 0.145 e. The zero-order valence-electron chi connectivity index (χ0n) is 11.7. The van der Waals surface area contributed by atoms with Crippen molar-refractivity contribution in [2.45, 2.75) is 13.8 Å². The first-order valence-corrected chi connectivity index (χ1v) is 6.58. The zero-order valence-corrected chi connectivity index (χ0v) is 11.7. The second kappa shape index (κ2) is 6.62. The Kier molecular flexibility index (Phi) is 4.61. The van der Waals surface area contributed by atoms with Gasteiger partial charge in [0.1, 0.15) is 5.69 Å². The number of hydrogen-bond donors (Lipinski definition) is 0. The van der Waals surface area contributed by atoms with Crippen molar-refractivity contribution >= 4 is 17.3 Å². The van der Waals surface area contributed by atoms with E-state index in [2.05, 4.69) is 35.5 Å². The molecule has 0 N–H and O–H groups in total. The van der Waals surface area contributed by atoms with E-state index in [4.69, 9.17) is 0 Å². The predicted molar refractivity (Wildman–Crippen MR) is 85.8 cm³/mol. The molecule has 0 amide bonds. The van der Waals surface area contributed by atoms with E-state index in [1.54, 1.807) is 6.07 Å². The Morgan fingerprint density at radius 3 is 2.45 bits per heavy atom. The van der Waals surface area contributed by atoms with Crippen LogP contribution in [0.25, 0.3) is 11.6 Å². The molecule has 0 saturated heterocycles. The van der Waals surface area contributed by atoms with Gasteiger partial charge in [0.25, 0.3) is 0 Å². The summed E-state index contributed by atoms with van der Waals surface area (Å²) >= 11 is 0. The minimum atomic E-state index is 0.466. The Morgan fingerprint density at radius 1 is 1.10 bits per heavy atom. The van der Waals surface area contributed by atoms with Crippen molar-refractivity contribution in [2.24, 2.45) is 5.18 Å². The normalized spacial score (nSPS) is 11.8. The van der Waals surface area contributed by atoms with Gasteiger partial charge in [-0.3, -0.25) is 0 Å². The van der Waals surface area contributed by atoms with Crippen LogP contribution in [-0.2, 0) is 0 Å². The van der Waals surface area contributed by atoms with E-state index in [9.17, 15) is 4.91 Å². The molecule has 0 aromatic heterocycles. The Labute approximate surface area is 119 Å². The van der Waals surface area contributed by atoms with Gasteiger partial charge in [0.05, 0.1) is 0 Å². The Balaban J connectivity index is 2.30. The van der Waals surface area contributed by atoms with Crippen LogP contribution in [0.1, 0.15) is 23.6 Å². The molecule has 0 atom stereocenters. The standard InChI is InChI=1S/C18H17NO/c1-3-16(10-9-15-7-5-4-6-8-15)18-12-11-17(19-20)13-14(18)2/h3-13H,1-2H3/b10-9+,16-3-. The lowest BCUT2D eigenvalue weighted by Gasteiger charge is -2.07. The van der Waals surface area contributed by atoms with Gasteiger partial charge >= 0.3 is 0 Å². The highest BCUT2D eigenvalue weighted by Gasteiger charge is 2.03. The van der Waals surface area contributed by atoms with Gasteiger partial charge in [-0.15, -0.1) is 4.91 Å². The maximum Gasteiger partial charge on any atom is 0.108 e. The van der Waals surface area contributed by atoms with E-state index in [-0.39, 0.29) is 0 Å². The molecule has 0 bridgehead atoms. The van der Waals surface area contributed by atoms with Crippen molar-refractivity contribution < 1.29 is 0 Å². The average Bonchev–Trinajstić information content (AvgIpc) is 2.50. The molecule has 0 aliphatic heterocycles. The SMILES string of the molecule is C/C=C(/C=C/c1ccccc1)c1ccc(N=O)cc1C. The molecule has 20 heavy (non-hydrogen) atoms. The molecular weight excluding hydrogens is 246 g/mol. The van der Waals surface area contributed by atoms with E-state index in [0.717, 1.165) is 22.3 Å². The molecule has 2 heteroatoms. The molecular formula is C18H17NO. The van der Waals surface area contributed by atoms with Crippen LogP contribution in [-0.4, -0.2) is 0 Å². The Hall–Kier alpha value is -2.48. The van der Waals surface area contributed by atoms with Crippen LogP contribution < -0.4 is 0 Å². The Morgan fingerprint density at radius 2 is 1.85 bits per heavy atom. The third kappa shape index (κ3) is 3.29. The van der Waals surface area contributed by atoms with Crippen molar-refractivity contribution in [2.75, 3.05) is 0 Å². The zero-order chi connectivity index (χ0) is 14.4. The van der Waals surface area contributed by atoms with Gasteiger partial charge in [0, 0.05) is 0 Å². The molecule has 100 valence electrons. The summed E-state index contributed by atoms with van der Waals surface area (Å²) in [4.78, 5) is 10.5. The van der Waals surface area contributed by atoms with E-state index < -0.39 is 0 Å². The predicted octanol–water partition coefficient (Wildman–Crippen LogP) is 5.51. The van der Waals surface area contributed by atoms with Gasteiger partial charge in [0.15, 0.2) is 0 Å². The minimum absolute atomic E-state index is 0.466. The van der Waals surface area contributed by atoms with Crippen molar-refractivity contribution in [1.29, 1.82) is 0 Å². The summed E-state index contributed by atoms with van der Waals surface area (Å²) in [6.07, 6.45) is 6.24. The summed E-state index contributed by atoms with van der Waals surface area (Å²) in [6.45, 7) is 4.00. The molecule has 2 aromatic rings. The fourth-order valence-electron chi connectivity index (χ4n) is 2.12. The van der Waals surface area contributed by atoms with Gasteiger partial charge in [-0.1, -0.05) is 54.6 Å². The summed E-state index contributed by atoms with van der Waals surface area (Å²) < 4.78 is 0. The van der Waals surface area contributed by atoms with Crippen molar-refractivity contribution in [1.82, 2.24) is 0 Å². The maximum atomic E-state index is 10.5. The second-order valence-corrected chi connectivity index (χ2v) is 4.58. The number of benzene rings is 2. The number of nitrogens with zero attached hydrogens (tertiary/aromatic N) is 1. The lowest BCUT2D eigenvalue weighted by atomic mass is 9.99. The molecule has 0 aliphatic carbocycles.